The third-order valence-electron chi connectivity index (χ3n) is 3.38. The van der Waals surface area contributed by atoms with Crippen LogP contribution in [0.25, 0.3) is 0 Å². The molecule has 0 spiro atoms. The van der Waals surface area contributed by atoms with Crippen molar-refractivity contribution in [3.05, 3.63) is 23.8 Å². The van der Waals surface area contributed by atoms with Crippen molar-refractivity contribution < 1.29 is 0 Å². The highest BCUT2D eigenvalue weighted by Crippen LogP contribution is 2.25. The smallest absolute Gasteiger partial charge is 0.128 e. The highest BCUT2D eigenvalue weighted by molar-refractivity contribution is 5.13. The van der Waals surface area contributed by atoms with Crippen LogP contribution >= 0.6 is 0 Å². The van der Waals surface area contributed by atoms with Crippen molar-refractivity contribution in [2.45, 2.75) is 66.2 Å². The van der Waals surface area contributed by atoms with Crippen molar-refractivity contribution in [3.8, 4) is 0 Å². The van der Waals surface area contributed by atoms with Gasteiger partial charge in [0.25, 0.3) is 0 Å². The van der Waals surface area contributed by atoms with Crippen molar-refractivity contribution >= 4 is 0 Å². The number of hydrogen-bond acceptors (Lipinski definition) is 2. The van der Waals surface area contributed by atoms with Gasteiger partial charge in [-0.25, -0.2) is 9.97 Å². The molecule has 1 heterocycles. The van der Waals surface area contributed by atoms with E-state index in [1.54, 1.807) is 0 Å². The van der Waals surface area contributed by atoms with Crippen LogP contribution in [-0.4, -0.2) is 9.97 Å². The maximum absolute atomic E-state index is 4.71. The Kier molecular flexibility index (Phi) is 4.29. The summed E-state index contributed by atoms with van der Waals surface area (Å²) in [5.74, 6) is 0.985. The number of aryl methyl sites for hydroxylation is 1. The molecule has 2 heteroatoms. The Balaban J connectivity index is 2.80. The lowest BCUT2D eigenvalue weighted by Crippen LogP contribution is -2.19. The van der Waals surface area contributed by atoms with E-state index in [0.717, 1.165) is 25.1 Å². The van der Waals surface area contributed by atoms with Crippen molar-refractivity contribution in [3.63, 3.8) is 0 Å². The van der Waals surface area contributed by atoms with E-state index in [0.29, 0.717) is 5.41 Å². The summed E-state index contributed by atoms with van der Waals surface area (Å²) < 4.78 is 0. The first-order valence-corrected chi connectivity index (χ1v) is 6.57. The van der Waals surface area contributed by atoms with E-state index in [4.69, 9.17) is 4.98 Å². The van der Waals surface area contributed by atoms with Gasteiger partial charge in [0.05, 0.1) is 0 Å². The summed E-state index contributed by atoms with van der Waals surface area (Å²) in [5.41, 5.74) is 1.66. The quantitative estimate of drug-likeness (QED) is 0.782. The van der Waals surface area contributed by atoms with E-state index in [1.807, 2.05) is 12.3 Å². The molecule has 0 aliphatic rings. The minimum atomic E-state index is 0.152. The van der Waals surface area contributed by atoms with Crippen molar-refractivity contribution in [2.75, 3.05) is 0 Å². The minimum Gasteiger partial charge on any atom is -0.241 e. The summed E-state index contributed by atoms with van der Waals surface area (Å²) >= 11 is 0. The first-order chi connectivity index (χ1) is 7.74. The molecule has 1 rings (SSSR count). The van der Waals surface area contributed by atoms with Crippen LogP contribution in [0.5, 0.6) is 0 Å². The Morgan fingerprint density at radius 3 is 2.29 bits per heavy atom. The van der Waals surface area contributed by atoms with E-state index in [9.17, 15) is 0 Å². The first-order valence-electron chi connectivity index (χ1n) is 6.57. The lowest BCUT2D eigenvalue weighted by molar-refractivity contribution is 0.373. The van der Waals surface area contributed by atoms with Crippen LogP contribution in [0.4, 0.5) is 0 Å². The SMILES string of the molecule is CCC(C)(C)c1ccnc(CCC(C)(C)C)n1. The molecule has 1 aromatic rings. The van der Waals surface area contributed by atoms with Crippen LogP contribution in [0.3, 0.4) is 0 Å². The minimum absolute atomic E-state index is 0.152. The monoisotopic (exact) mass is 234 g/mol. The zero-order valence-corrected chi connectivity index (χ0v) is 12.2. The van der Waals surface area contributed by atoms with Gasteiger partial charge in [0, 0.05) is 23.7 Å². The summed E-state index contributed by atoms with van der Waals surface area (Å²) in [7, 11) is 0. The molecule has 17 heavy (non-hydrogen) atoms. The summed E-state index contributed by atoms with van der Waals surface area (Å²) in [6.45, 7) is 13.5. The molecule has 0 radical (unpaired) electrons. The molecular formula is C15H26N2. The topological polar surface area (TPSA) is 25.8 Å². The number of hydrogen-bond donors (Lipinski definition) is 0. The Labute approximate surface area is 106 Å². The maximum Gasteiger partial charge on any atom is 0.128 e. The van der Waals surface area contributed by atoms with Crippen LogP contribution < -0.4 is 0 Å². The van der Waals surface area contributed by atoms with E-state index < -0.39 is 0 Å². The summed E-state index contributed by atoms with van der Waals surface area (Å²) in [6, 6.07) is 2.05. The average molecular weight is 234 g/mol. The van der Waals surface area contributed by atoms with E-state index in [2.05, 4.69) is 46.5 Å². The fourth-order valence-electron chi connectivity index (χ4n) is 1.56. The molecule has 2 nitrogen and oxygen atoms in total. The van der Waals surface area contributed by atoms with Crippen LogP contribution in [0.2, 0.25) is 0 Å². The zero-order valence-electron chi connectivity index (χ0n) is 12.2. The molecule has 0 atom stereocenters. The highest BCUT2D eigenvalue weighted by atomic mass is 14.9. The van der Waals surface area contributed by atoms with E-state index >= 15 is 0 Å². The Hall–Kier alpha value is -0.920. The van der Waals surface area contributed by atoms with Gasteiger partial charge in [-0.3, -0.25) is 0 Å². The molecule has 0 aromatic carbocycles. The predicted molar refractivity (Wildman–Crippen MR) is 73.1 cm³/mol. The summed E-state index contributed by atoms with van der Waals surface area (Å²) in [4.78, 5) is 9.09. The van der Waals surface area contributed by atoms with E-state index in [1.165, 1.54) is 5.69 Å². The van der Waals surface area contributed by atoms with Crippen molar-refractivity contribution in [1.29, 1.82) is 0 Å². The van der Waals surface area contributed by atoms with Crippen molar-refractivity contribution in [1.82, 2.24) is 9.97 Å². The number of nitrogens with zero attached hydrogens (tertiary/aromatic N) is 2. The standard InChI is InChI=1S/C15H26N2/c1-7-15(5,6)12-9-11-16-13(17-12)8-10-14(2,3)4/h9,11H,7-8,10H2,1-6H3. The van der Waals surface area contributed by atoms with Gasteiger partial charge in [0.2, 0.25) is 0 Å². The second-order valence-electron chi connectivity index (χ2n) is 6.66. The van der Waals surface area contributed by atoms with Crippen LogP contribution in [0.15, 0.2) is 12.3 Å². The van der Waals surface area contributed by atoms with Crippen LogP contribution in [0, 0.1) is 5.41 Å². The third kappa shape index (κ3) is 4.45. The Morgan fingerprint density at radius 2 is 1.76 bits per heavy atom. The van der Waals surface area contributed by atoms with Crippen molar-refractivity contribution in [2.24, 2.45) is 5.41 Å². The Bertz CT molecular complexity index is 361. The molecule has 1 aromatic heterocycles. The lowest BCUT2D eigenvalue weighted by Gasteiger charge is -2.22. The largest absolute Gasteiger partial charge is 0.241 e. The molecule has 0 N–H and O–H groups in total. The van der Waals surface area contributed by atoms with E-state index in [-0.39, 0.29) is 5.41 Å². The van der Waals surface area contributed by atoms with Crippen LogP contribution in [0.1, 0.15) is 65.9 Å². The molecule has 0 amide bonds. The molecule has 0 bridgehead atoms. The molecule has 0 fully saturated rings. The van der Waals surface area contributed by atoms with Gasteiger partial charge in [0.1, 0.15) is 5.82 Å². The normalized spacial score (nSPS) is 12.8. The fourth-order valence-corrected chi connectivity index (χ4v) is 1.56. The van der Waals surface area contributed by atoms with Gasteiger partial charge in [-0.15, -0.1) is 0 Å². The lowest BCUT2D eigenvalue weighted by atomic mass is 9.86. The van der Waals surface area contributed by atoms with Crippen LogP contribution in [-0.2, 0) is 11.8 Å². The van der Waals surface area contributed by atoms with Gasteiger partial charge in [0.15, 0.2) is 0 Å². The van der Waals surface area contributed by atoms with Gasteiger partial charge < -0.3 is 0 Å². The second-order valence-corrected chi connectivity index (χ2v) is 6.66. The summed E-state index contributed by atoms with van der Waals surface area (Å²) in [6.07, 6.45) is 5.10. The summed E-state index contributed by atoms with van der Waals surface area (Å²) in [5, 5.41) is 0. The zero-order chi connectivity index (χ0) is 13.1. The molecule has 0 aliphatic carbocycles. The number of rotatable bonds is 4. The highest BCUT2D eigenvalue weighted by Gasteiger charge is 2.20. The fraction of sp³-hybridized carbons (Fsp3) is 0.733. The van der Waals surface area contributed by atoms with Gasteiger partial charge >= 0.3 is 0 Å². The molecule has 0 unspecified atom stereocenters. The molecule has 0 saturated heterocycles. The maximum atomic E-state index is 4.71. The second kappa shape index (κ2) is 5.16. The molecule has 0 aliphatic heterocycles. The molecular weight excluding hydrogens is 208 g/mol. The average Bonchev–Trinajstić information content (AvgIpc) is 2.26. The first kappa shape index (κ1) is 14.1. The van der Waals surface area contributed by atoms with Gasteiger partial charge in [-0.05, 0) is 24.3 Å². The van der Waals surface area contributed by atoms with Gasteiger partial charge in [-0.2, -0.15) is 0 Å². The molecule has 96 valence electrons. The number of aromatic nitrogens is 2. The predicted octanol–water partition coefficient (Wildman–Crippen LogP) is 4.14. The molecule has 0 saturated carbocycles. The van der Waals surface area contributed by atoms with Gasteiger partial charge in [-0.1, -0.05) is 41.5 Å². The Morgan fingerprint density at radius 1 is 1.12 bits per heavy atom. The third-order valence-corrected chi connectivity index (χ3v) is 3.38.